The Bertz CT molecular complexity index is 396. The molecule has 0 saturated carbocycles. The van der Waals surface area contributed by atoms with Crippen LogP contribution in [-0.2, 0) is 6.54 Å². The van der Waals surface area contributed by atoms with Gasteiger partial charge in [-0.05, 0) is 37.1 Å². The van der Waals surface area contributed by atoms with Gasteiger partial charge in [0.1, 0.15) is 0 Å². The van der Waals surface area contributed by atoms with E-state index in [9.17, 15) is 0 Å². The van der Waals surface area contributed by atoms with Crippen LogP contribution in [0.25, 0.3) is 0 Å². The lowest BCUT2D eigenvalue weighted by molar-refractivity contribution is 0.284. The van der Waals surface area contributed by atoms with Gasteiger partial charge in [0.25, 0.3) is 0 Å². The molecule has 0 saturated heterocycles. The molecule has 0 aromatic heterocycles. The second-order valence-corrected chi connectivity index (χ2v) is 5.50. The first-order valence-corrected chi connectivity index (χ1v) is 8.43. The minimum Gasteiger partial charge on any atom is -0.493 e. The summed E-state index contributed by atoms with van der Waals surface area (Å²) in [5.74, 6) is 1.60. The fourth-order valence-corrected chi connectivity index (χ4v) is 2.27. The van der Waals surface area contributed by atoms with E-state index in [2.05, 4.69) is 18.3 Å². The third-order valence-corrected chi connectivity index (χ3v) is 3.57. The van der Waals surface area contributed by atoms with Gasteiger partial charge in [0.15, 0.2) is 11.5 Å². The molecule has 0 radical (unpaired) electrons. The molecule has 0 fully saturated rings. The molecule has 126 valence electrons. The van der Waals surface area contributed by atoms with Gasteiger partial charge in [0, 0.05) is 13.2 Å². The highest BCUT2D eigenvalue weighted by atomic mass is 16.5. The summed E-state index contributed by atoms with van der Waals surface area (Å²) in [5.41, 5.74) is 1.16. The van der Waals surface area contributed by atoms with Crippen molar-refractivity contribution in [2.45, 2.75) is 52.0 Å². The standard InChI is InChI=1S/C18H31NO3/c1-3-4-5-6-7-13-22-17-10-9-16(14-18(17)21-2)15-19-11-8-12-20/h9-10,14,19-20H,3-8,11-13,15H2,1-2H3. The van der Waals surface area contributed by atoms with Crippen molar-refractivity contribution in [2.24, 2.45) is 0 Å². The highest BCUT2D eigenvalue weighted by Gasteiger charge is 2.05. The molecule has 0 aliphatic carbocycles. The molecule has 0 aliphatic rings. The lowest BCUT2D eigenvalue weighted by Crippen LogP contribution is -2.15. The van der Waals surface area contributed by atoms with E-state index in [1.807, 2.05) is 12.1 Å². The Kier molecular flexibility index (Phi) is 10.5. The van der Waals surface area contributed by atoms with E-state index in [0.29, 0.717) is 0 Å². The number of hydrogen-bond donors (Lipinski definition) is 2. The summed E-state index contributed by atoms with van der Waals surface area (Å²) in [7, 11) is 1.67. The normalized spacial score (nSPS) is 10.7. The van der Waals surface area contributed by atoms with Gasteiger partial charge in [-0.25, -0.2) is 0 Å². The minimum atomic E-state index is 0.224. The van der Waals surface area contributed by atoms with Crippen molar-refractivity contribution in [3.8, 4) is 11.5 Å². The fourth-order valence-electron chi connectivity index (χ4n) is 2.27. The molecule has 0 atom stereocenters. The number of hydrogen-bond acceptors (Lipinski definition) is 4. The van der Waals surface area contributed by atoms with Crippen LogP contribution in [0.15, 0.2) is 18.2 Å². The summed E-state index contributed by atoms with van der Waals surface area (Å²) in [6.45, 7) is 4.78. The van der Waals surface area contributed by atoms with Crippen LogP contribution in [0.2, 0.25) is 0 Å². The second kappa shape index (κ2) is 12.3. The maximum Gasteiger partial charge on any atom is 0.161 e. The van der Waals surface area contributed by atoms with E-state index >= 15 is 0 Å². The Balaban J connectivity index is 2.37. The van der Waals surface area contributed by atoms with Crippen LogP contribution in [0.1, 0.15) is 51.0 Å². The average molecular weight is 309 g/mol. The van der Waals surface area contributed by atoms with Gasteiger partial charge >= 0.3 is 0 Å². The zero-order valence-electron chi connectivity index (χ0n) is 14.1. The summed E-state index contributed by atoms with van der Waals surface area (Å²) >= 11 is 0. The van der Waals surface area contributed by atoms with Gasteiger partial charge in [-0.15, -0.1) is 0 Å². The molecule has 0 heterocycles. The molecule has 0 amide bonds. The fraction of sp³-hybridized carbons (Fsp3) is 0.667. The number of benzene rings is 1. The van der Waals surface area contributed by atoms with Crippen molar-refractivity contribution in [1.82, 2.24) is 5.32 Å². The first-order chi connectivity index (χ1) is 10.8. The van der Waals surface area contributed by atoms with Crippen LogP contribution in [-0.4, -0.2) is 32.0 Å². The molecular formula is C18H31NO3. The number of nitrogens with one attached hydrogen (secondary N) is 1. The monoisotopic (exact) mass is 309 g/mol. The van der Waals surface area contributed by atoms with E-state index in [1.54, 1.807) is 7.11 Å². The van der Waals surface area contributed by atoms with E-state index in [1.165, 1.54) is 25.7 Å². The molecule has 1 aromatic rings. The zero-order chi connectivity index (χ0) is 16.0. The smallest absolute Gasteiger partial charge is 0.161 e. The van der Waals surface area contributed by atoms with E-state index in [0.717, 1.165) is 49.6 Å². The Morgan fingerprint density at radius 1 is 1.05 bits per heavy atom. The molecule has 4 heteroatoms. The molecule has 2 N–H and O–H groups in total. The minimum absolute atomic E-state index is 0.224. The van der Waals surface area contributed by atoms with Gasteiger partial charge in [-0.2, -0.15) is 0 Å². The van der Waals surface area contributed by atoms with Crippen molar-refractivity contribution in [3.63, 3.8) is 0 Å². The van der Waals surface area contributed by atoms with Crippen LogP contribution in [0, 0.1) is 0 Å². The molecule has 1 rings (SSSR count). The van der Waals surface area contributed by atoms with Crippen LogP contribution in [0.5, 0.6) is 11.5 Å². The van der Waals surface area contributed by atoms with Crippen molar-refractivity contribution < 1.29 is 14.6 Å². The molecule has 0 aliphatic heterocycles. The van der Waals surface area contributed by atoms with Gasteiger partial charge in [-0.3, -0.25) is 0 Å². The predicted molar refractivity (Wildman–Crippen MR) is 90.7 cm³/mol. The largest absolute Gasteiger partial charge is 0.493 e. The van der Waals surface area contributed by atoms with Crippen LogP contribution in [0.4, 0.5) is 0 Å². The molecule has 4 nitrogen and oxygen atoms in total. The Morgan fingerprint density at radius 3 is 2.59 bits per heavy atom. The van der Waals surface area contributed by atoms with Crippen molar-refractivity contribution >= 4 is 0 Å². The summed E-state index contributed by atoms with van der Waals surface area (Å²) < 4.78 is 11.2. The van der Waals surface area contributed by atoms with Crippen LogP contribution >= 0.6 is 0 Å². The molecular weight excluding hydrogens is 278 g/mol. The highest BCUT2D eigenvalue weighted by Crippen LogP contribution is 2.28. The average Bonchev–Trinajstić information content (AvgIpc) is 2.55. The molecule has 1 aromatic carbocycles. The molecule has 0 spiro atoms. The number of methoxy groups -OCH3 is 1. The van der Waals surface area contributed by atoms with Crippen molar-refractivity contribution in [2.75, 3.05) is 26.9 Å². The predicted octanol–water partition coefficient (Wildman–Crippen LogP) is 3.52. The van der Waals surface area contributed by atoms with Gasteiger partial charge in [0.05, 0.1) is 13.7 Å². The maximum absolute atomic E-state index is 8.76. The number of unbranched alkanes of at least 4 members (excludes halogenated alkanes) is 4. The van der Waals surface area contributed by atoms with E-state index in [-0.39, 0.29) is 6.61 Å². The summed E-state index contributed by atoms with van der Waals surface area (Å²) in [6, 6.07) is 6.05. The molecule has 22 heavy (non-hydrogen) atoms. The molecule has 0 bridgehead atoms. The number of aliphatic hydroxyl groups is 1. The first kappa shape index (κ1) is 18.8. The highest BCUT2D eigenvalue weighted by molar-refractivity contribution is 5.42. The van der Waals surface area contributed by atoms with Crippen molar-refractivity contribution in [1.29, 1.82) is 0 Å². The van der Waals surface area contributed by atoms with Crippen LogP contribution in [0.3, 0.4) is 0 Å². The SMILES string of the molecule is CCCCCCCOc1ccc(CNCCCO)cc1OC. The Labute approximate surface area is 134 Å². The summed E-state index contributed by atoms with van der Waals surface area (Å²) in [4.78, 5) is 0. The lowest BCUT2D eigenvalue weighted by Gasteiger charge is -2.12. The Morgan fingerprint density at radius 2 is 1.86 bits per heavy atom. The third kappa shape index (κ3) is 7.66. The molecule has 0 unspecified atom stereocenters. The number of aliphatic hydroxyl groups excluding tert-OH is 1. The number of ether oxygens (including phenoxy) is 2. The maximum atomic E-state index is 8.76. The topological polar surface area (TPSA) is 50.7 Å². The third-order valence-electron chi connectivity index (χ3n) is 3.57. The van der Waals surface area contributed by atoms with Gasteiger partial charge < -0.3 is 19.9 Å². The Hall–Kier alpha value is -1.26. The van der Waals surface area contributed by atoms with Crippen LogP contribution < -0.4 is 14.8 Å². The van der Waals surface area contributed by atoms with Gasteiger partial charge in [-0.1, -0.05) is 38.7 Å². The second-order valence-electron chi connectivity index (χ2n) is 5.50. The summed E-state index contributed by atoms with van der Waals surface area (Å²) in [5, 5.41) is 12.0. The van der Waals surface area contributed by atoms with E-state index < -0.39 is 0 Å². The number of rotatable bonds is 13. The van der Waals surface area contributed by atoms with Gasteiger partial charge in [0.2, 0.25) is 0 Å². The van der Waals surface area contributed by atoms with Crippen molar-refractivity contribution in [3.05, 3.63) is 23.8 Å². The lowest BCUT2D eigenvalue weighted by atomic mass is 10.1. The summed E-state index contributed by atoms with van der Waals surface area (Å²) in [6.07, 6.45) is 6.95. The quantitative estimate of drug-likeness (QED) is 0.547. The zero-order valence-corrected chi connectivity index (χ0v) is 14.1. The van der Waals surface area contributed by atoms with E-state index in [4.69, 9.17) is 14.6 Å². The first-order valence-electron chi connectivity index (χ1n) is 8.43.